The average Bonchev–Trinajstić information content (AvgIpc) is 3.54. The first kappa shape index (κ1) is 56.0. The molecule has 79 heavy (non-hydrogen) atoms. The molecule has 7 amide bonds. The Bertz CT molecular complexity index is 3290. The molecule has 0 saturated carbocycles. The average molecular weight is 1110 g/mol. The van der Waals surface area contributed by atoms with E-state index in [1.807, 2.05) is 13.8 Å². The number of aliphatic carboxylic acids is 1. The molecular weight excluding hydrogens is 1060 g/mol. The van der Waals surface area contributed by atoms with Gasteiger partial charge in [0.15, 0.2) is 17.5 Å². The predicted molar refractivity (Wildman–Crippen MR) is 275 cm³/mol. The summed E-state index contributed by atoms with van der Waals surface area (Å²) in [6.45, 7) is 3.71. The van der Waals surface area contributed by atoms with Gasteiger partial charge in [-0.1, -0.05) is 55.8 Å². The summed E-state index contributed by atoms with van der Waals surface area (Å²) in [5.41, 5.74) is 3.29. The third-order valence-electron chi connectivity index (χ3n) is 13.3. The summed E-state index contributed by atoms with van der Waals surface area (Å²) in [4.78, 5) is 113. The summed E-state index contributed by atoms with van der Waals surface area (Å²) >= 11 is 6.53. The fraction of sp³-hybridized carbons (Fsp3) is 0.283. The number of aliphatic hydroxyl groups is 2. The number of amides is 7. The second-order valence-electron chi connectivity index (χ2n) is 19.2. The van der Waals surface area contributed by atoms with Gasteiger partial charge in [0.25, 0.3) is 0 Å². The number of carbonyl (C=O) groups excluding carboxylic acids is 7. The molecule has 16 N–H and O–H groups in total. The zero-order valence-electron chi connectivity index (χ0n) is 41.9. The zero-order valence-corrected chi connectivity index (χ0v) is 42.7. The van der Waals surface area contributed by atoms with Crippen molar-refractivity contribution in [1.82, 2.24) is 37.2 Å². The number of likely N-dealkylation sites (N-methyl/N-ethyl adjacent to an activating group) is 1. The Morgan fingerprint density at radius 1 is 0.658 bits per heavy atom. The number of hydrogen-bond acceptors (Lipinski definition) is 17. The second-order valence-corrected chi connectivity index (χ2v) is 19.6. The number of rotatable bonds is 8. The molecule has 5 aliphatic heterocycles. The molecule has 25 nitrogen and oxygen atoms in total. The van der Waals surface area contributed by atoms with E-state index in [-0.39, 0.29) is 39.7 Å². The molecule has 5 aromatic rings. The van der Waals surface area contributed by atoms with Gasteiger partial charge in [-0.2, -0.15) is 0 Å². The maximum absolute atomic E-state index is 15.3. The number of ether oxygens (including phenoxy) is 2. The number of aromatic hydroxyl groups is 4. The Kier molecular flexibility index (Phi) is 16.2. The van der Waals surface area contributed by atoms with Crippen LogP contribution in [0.25, 0.3) is 11.1 Å². The number of primary amides is 1. The largest absolute Gasteiger partial charge is 0.507 e. The number of nitrogens with two attached hydrogens (primary N) is 1. The molecule has 5 heterocycles. The number of fused-ring (bicyclic) bond motifs is 15. The van der Waals surface area contributed by atoms with Crippen LogP contribution in [-0.2, 0) is 38.4 Å². The Hall–Kier alpha value is -9.17. The SMILES string of the molecule is CN[C@H](CC(C)C)C(=O)N[C@H]1C(=O)N[C@@H](CC(N)=O)C(=O)N[C@H]2C(=O)N[C@H]3C(=O)N[C@H](C(=O)N[C@H](C(=O)O)c4c(Cl)c(O)cc(O)c4-c4cc3ccc4O)[C@H](O)c3ccc(cc3)Oc3cc2cc(c3O)Oc2ccc(cc2)[C@H]1O. The van der Waals surface area contributed by atoms with Crippen LogP contribution in [-0.4, -0.2) is 114 Å². The molecule has 0 unspecified atom stereocenters. The van der Waals surface area contributed by atoms with Crippen molar-refractivity contribution < 1.29 is 83.6 Å². The molecule has 0 aliphatic carbocycles. The third-order valence-corrected chi connectivity index (χ3v) is 13.7. The van der Waals surface area contributed by atoms with Gasteiger partial charge in [0, 0.05) is 22.8 Å². The lowest BCUT2D eigenvalue weighted by atomic mass is 9.89. The number of phenolic OH excluding ortho intramolecular Hbond substituents is 4. The van der Waals surface area contributed by atoms with Gasteiger partial charge in [0.05, 0.1) is 17.5 Å². The Balaban J connectivity index is 1.34. The number of halogens is 1. The van der Waals surface area contributed by atoms with Crippen molar-refractivity contribution >= 4 is 58.9 Å². The van der Waals surface area contributed by atoms with Gasteiger partial charge < -0.3 is 88.2 Å². The maximum Gasteiger partial charge on any atom is 0.330 e. The third kappa shape index (κ3) is 11.7. The van der Waals surface area contributed by atoms with Crippen LogP contribution in [0.1, 0.15) is 84.8 Å². The van der Waals surface area contributed by atoms with Gasteiger partial charge in [-0.3, -0.25) is 33.6 Å². The molecule has 0 spiro atoms. The first-order valence-electron chi connectivity index (χ1n) is 24.3. The minimum atomic E-state index is -2.27. The Labute approximate surface area is 453 Å². The molecule has 0 fully saturated rings. The quantitative estimate of drug-likeness (QED) is 0.105. The minimum Gasteiger partial charge on any atom is -0.507 e. The lowest BCUT2D eigenvalue weighted by molar-refractivity contribution is -0.143. The van der Waals surface area contributed by atoms with Crippen molar-refractivity contribution in [2.45, 2.75) is 81.2 Å². The number of hydrogen-bond donors (Lipinski definition) is 15. The molecule has 26 heteroatoms. The lowest BCUT2D eigenvalue weighted by Crippen LogP contribution is -2.59. The van der Waals surface area contributed by atoms with Gasteiger partial charge >= 0.3 is 5.97 Å². The van der Waals surface area contributed by atoms with Gasteiger partial charge in [-0.25, -0.2) is 4.79 Å². The van der Waals surface area contributed by atoms with Crippen LogP contribution in [0, 0.1) is 5.92 Å². The van der Waals surface area contributed by atoms with Crippen molar-refractivity contribution in [3.05, 3.63) is 118 Å². The predicted octanol–water partition coefficient (Wildman–Crippen LogP) is 1.74. The first-order chi connectivity index (χ1) is 37.4. The van der Waals surface area contributed by atoms with Gasteiger partial charge in [-0.05, 0) is 90.2 Å². The highest BCUT2D eigenvalue weighted by Gasteiger charge is 2.42. The fourth-order valence-electron chi connectivity index (χ4n) is 9.29. The van der Waals surface area contributed by atoms with Crippen molar-refractivity contribution in [3.63, 3.8) is 0 Å². The highest BCUT2D eigenvalue weighted by Crippen LogP contribution is 2.49. The molecular formula is C53H53ClN8O17. The minimum absolute atomic E-state index is 0.0137. The summed E-state index contributed by atoms with van der Waals surface area (Å²) in [7, 11) is 1.51. The number of aliphatic hydroxyl groups excluding tert-OH is 2. The van der Waals surface area contributed by atoms with Crippen molar-refractivity contribution in [2.24, 2.45) is 11.7 Å². The van der Waals surface area contributed by atoms with Crippen LogP contribution >= 0.6 is 11.6 Å². The molecule has 414 valence electrons. The van der Waals surface area contributed by atoms with E-state index in [0.717, 1.165) is 30.3 Å². The number of benzene rings is 5. The van der Waals surface area contributed by atoms with E-state index in [4.69, 9.17) is 26.8 Å². The maximum atomic E-state index is 15.3. The van der Waals surface area contributed by atoms with Crippen molar-refractivity contribution in [2.75, 3.05) is 7.05 Å². The second kappa shape index (κ2) is 22.8. The summed E-state index contributed by atoms with van der Waals surface area (Å²) in [5.74, 6) is -14.3. The van der Waals surface area contributed by atoms with Gasteiger partial charge in [0.1, 0.15) is 71.2 Å². The first-order valence-corrected chi connectivity index (χ1v) is 24.7. The number of phenols is 4. The molecule has 0 saturated heterocycles. The summed E-state index contributed by atoms with van der Waals surface area (Å²) in [6, 6.07) is 3.09. The molecule has 9 atom stereocenters. The topological polar surface area (TPSA) is 407 Å². The monoisotopic (exact) mass is 1110 g/mol. The lowest BCUT2D eigenvalue weighted by Gasteiger charge is -2.31. The van der Waals surface area contributed by atoms with Gasteiger partial charge in [-0.15, -0.1) is 0 Å². The van der Waals surface area contributed by atoms with Crippen molar-refractivity contribution in [3.8, 4) is 57.1 Å². The van der Waals surface area contributed by atoms with Crippen LogP contribution in [0.4, 0.5) is 0 Å². The standard InChI is InChI=1S/C53H53ClN8O17/c1-20(2)14-28(56-3)47(70)61-42-44(67)21-4-9-25(10-5-21)78-33-16-24-17-34(46(33)69)79-26-11-6-22(7-12-26)45(68)43-52(75)60-41(53(76)77)37-36(31(64)19-32(65)38(37)54)27-15-23(8-13-30(27)63)39(49(72)62-43)59-50(73)40(24)58-48(71)29(18-35(55)66)57-51(42)74/h4-13,15-17,19-20,28-29,39-45,56,63-65,67-69H,14,18H2,1-3H3,(H2,55,66)(H,57,74)(H,58,71)(H,59,73)(H,60,75)(H,61,70)(H,62,72)(H,76,77)/t28-,29+,39-,40-,41+,42-,43+,44-,45-/m1/s1. The van der Waals surface area contributed by atoms with Crippen LogP contribution in [0.2, 0.25) is 5.02 Å². The van der Waals surface area contributed by atoms with Crippen molar-refractivity contribution in [1.29, 1.82) is 0 Å². The fourth-order valence-corrected chi connectivity index (χ4v) is 9.55. The highest BCUT2D eigenvalue weighted by atomic mass is 35.5. The molecule has 11 bridgehead atoms. The molecule has 5 aromatic carbocycles. The summed E-state index contributed by atoms with van der Waals surface area (Å²) in [5, 5.41) is 96.1. The van der Waals surface area contributed by atoms with E-state index >= 15 is 4.79 Å². The van der Waals surface area contributed by atoms with Crippen LogP contribution in [0.5, 0.6) is 46.0 Å². The normalized spacial score (nSPS) is 22.5. The van der Waals surface area contributed by atoms with E-state index in [1.165, 1.54) is 55.6 Å². The number of carbonyl (C=O) groups is 8. The molecule has 10 rings (SSSR count). The molecule has 0 aromatic heterocycles. The zero-order chi connectivity index (χ0) is 57.3. The summed E-state index contributed by atoms with van der Waals surface area (Å²) in [6.07, 6.45) is -4.55. The van der Waals surface area contributed by atoms with E-state index in [0.29, 0.717) is 12.5 Å². The van der Waals surface area contributed by atoms with Gasteiger partial charge in [0.2, 0.25) is 47.1 Å². The molecule has 5 aliphatic rings. The Morgan fingerprint density at radius 2 is 1.22 bits per heavy atom. The van der Waals surface area contributed by atoms with E-state index in [1.54, 1.807) is 0 Å². The van der Waals surface area contributed by atoms with Crippen LogP contribution in [0.3, 0.4) is 0 Å². The van der Waals surface area contributed by atoms with Crippen LogP contribution < -0.4 is 52.4 Å². The number of nitrogens with one attached hydrogen (secondary N) is 7. The summed E-state index contributed by atoms with van der Waals surface area (Å²) < 4.78 is 12.2. The number of carboxylic acids is 1. The number of carboxylic acid groups (broad SMARTS) is 1. The van der Waals surface area contributed by atoms with E-state index < -0.39 is 164 Å². The van der Waals surface area contributed by atoms with E-state index in [9.17, 15) is 69.3 Å². The smallest absolute Gasteiger partial charge is 0.330 e. The Morgan fingerprint density at radius 3 is 1.78 bits per heavy atom. The molecule has 0 radical (unpaired) electrons. The highest BCUT2D eigenvalue weighted by molar-refractivity contribution is 6.33. The van der Waals surface area contributed by atoms with Crippen LogP contribution in [0.15, 0.2) is 84.9 Å². The van der Waals surface area contributed by atoms with E-state index in [2.05, 4.69) is 37.2 Å².